The third-order valence-electron chi connectivity index (χ3n) is 16.5. The van der Waals surface area contributed by atoms with Crippen LogP contribution in [0.1, 0.15) is 180 Å². The fourth-order valence-electron chi connectivity index (χ4n) is 11.2. The van der Waals surface area contributed by atoms with E-state index in [0.717, 1.165) is 25.3 Å². The van der Waals surface area contributed by atoms with Gasteiger partial charge in [-0.3, -0.25) is 43.2 Å². The number of nitrogens with zero attached hydrogens (tertiary/aromatic N) is 2. The van der Waals surface area contributed by atoms with Crippen LogP contribution < -0.4 is 5.32 Å². The number of hydrogen-bond donors (Lipinski definition) is 3. The quantitative estimate of drug-likeness (QED) is 0.0237. The van der Waals surface area contributed by atoms with Crippen molar-refractivity contribution in [3.8, 4) is 0 Å². The Hall–Kier alpha value is -5.12. The molecule has 1 fully saturated rings. The number of carboxylic acid groups (broad SMARTS) is 1. The highest BCUT2D eigenvalue weighted by atomic mass is 33.1. The summed E-state index contributed by atoms with van der Waals surface area (Å²) in [7, 11) is 6.46. The zero-order valence-electron chi connectivity index (χ0n) is 56.9. The monoisotopic (exact) mass is 1330 g/mol. The number of hydrogen-bond acceptors (Lipinski definition) is 24. The number of ether oxygens (including phenoxy) is 10. The molecule has 1 amide bonds. The van der Waals surface area contributed by atoms with Gasteiger partial charge in [0.1, 0.15) is 31.0 Å². The second-order valence-electron chi connectivity index (χ2n) is 25.8. The molecular formula is C65H107N3O21S2. The third-order valence-corrected chi connectivity index (χ3v) is 18.8. The lowest BCUT2D eigenvalue weighted by Gasteiger charge is -2.44. The van der Waals surface area contributed by atoms with Crippen LogP contribution in [0.2, 0.25) is 0 Å². The fourth-order valence-corrected chi connectivity index (χ4v) is 12.9. The van der Waals surface area contributed by atoms with Crippen LogP contribution >= 0.6 is 21.6 Å². The molecule has 2 heterocycles. The molecule has 1 aromatic heterocycles. The molecule has 91 heavy (non-hydrogen) atoms. The van der Waals surface area contributed by atoms with Crippen molar-refractivity contribution in [3.63, 3.8) is 0 Å². The van der Waals surface area contributed by atoms with Crippen LogP contribution in [0.25, 0.3) is 0 Å². The number of carboxylic acids is 1. The lowest BCUT2D eigenvalue weighted by molar-refractivity contribution is -0.305. The molecule has 2 rings (SSSR count). The van der Waals surface area contributed by atoms with E-state index in [4.69, 9.17) is 47.4 Å². The number of aromatic nitrogens is 1. The molecule has 26 heteroatoms. The minimum atomic E-state index is -1.57. The third kappa shape index (κ3) is 27.4. The number of pyridine rings is 1. The molecule has 24 nitrogen and oxygen atoms in total. The number of likely N-dealkylation sites (N-methyl/N-ethyl adjacent to an activating group) is 1. The van der Waals surface area contributed by atoms with Crippen LogP contribution in [0.4, 0.5) is 0 Å². The van der Waals surface area contributed by atoms with Gasteiger partial charge >= 0.3 is 47.8 Å². The zero-order chi connectivity index (χ0) is 68.8. The van der Waals surface area contributed by atoms with Crippen molar-refractivity contribution in [1.82, 2.24) is 15.2 Å². The summed E-state index contributed by atoms with van der Waals surface area (Å²) < 4.78 is 57.9. The van der Waals surface area contributed by atoms with Crippen LogP contribution in [0.5, 0.6) is 0 Å². The smallest absolute Gasteiger partial charge is 0.311 e. The SMILES string of the molecule is CCCCOC(=O)C(C)(CC(C)(CCC)C(=O)O)CC(C)(CCC(C)(CC(C)(CCC(C)(CC)C(=O)OCCOCCO[C@@H]1O[C@H](CC)[C@H](OC(C)=O)[C@H](OC(C)=O)[C@H]1OC(C)=O)C(=O)NCC(C)O)C(=O)OCCSSc1ccccn1)C(=O)OCCN(C)C. The first-order valence-electron chi connectivity index (χ1n) is 31.7. The first-order chi connectivity index (χ1) is 42.6. The molecule has 1 aliphatic rings. The average Bonchev–Trinajstić information content (AvgIpc) is 0.818. The molecule has 12 atom stereocenters. The van der Waals surface area contributed by atoms with Gasteiger partial charge in [-0.05, 0) is 149 Å². The largest absolute Gasteiger partial charge is 0.481 e. The van der Waals surface area contributed by atoms with Crippen LogP contribution in [0, 0.1) is 32.5 Å². The molecule has 0 aromatic carbocycles. The minimum Gasteiger partial charge on any atom is -0.481 e. The molecule has 0 spiro atoms. The molecule has 1 aliphatic heterocycles. The summed E-state index contributed by atoms with van der Waals surface area (Å²) in [4.78, 5) is 129. The Morgan fingerprint density at radius 3 is 1.68 bits per heavy atom. The minimum absolute atomic E-state index is 0.0124. The molecule has 0 radical (unpaired) electrons. The topological polar surface area (TPSA) is 315 Å². The lowest BCUT2D eigenvalue weighted by atomic mass is 9.61. The Labute approximate surface area is 547 Å². The van der Waals surface area contributed by atoms with E-state index in [-0.39, 0.29) is 111 Å². The maximum absolute atomic E-state index is 15.1. The molecule has 1 aromatic rings. The first-order valence-corrected chi connectivity index (χ1v) is 34.0. The summed E-state index contributed by atoms with van der Waals surface area (Å²) >= 11 is 0. The van der Waals surface area contributed by atoms with Crippen LogP contribution in [0.15, 0.2) is 29.4 Å². The van der Waals surface area contributed by atoms with Gasteiger partial charge in [-0.25, -0.2) is 4.98 Å². The standard InChI is InChI=1S/C65H107N3O21S2/c1-17-21-32-82-59(79)65(14,42-62(11,25-18-2)55(74)75)43-64(13,57(77)83-33-31-68(15)16)29-28-63(12,58(78)85-38-39-90-91-49-24-22-23-30-66-49)41-61(10,54(73)67-40-44(5)69)27-26-60(9,20-4)56(76)84-37-35-80-34-36-81-53-52(88-47(8)72)51(87-46(7)71)50(86-45(6)70)48(19-3)89-53/h22-24,30,44,48,50-53,69H,17-21,25-29,31-43H2,1-16H3,(H,67,73)(H,74,75)/t44?,48-,50+,51+,52-,53-,60?,61?,62?,63?,64?,65?/m1/s1. The number of rotatable bonds is 45. The average molecular weight is 1330 g/mol. The van der Waals surface area contributed by atoms with E-state index in [9.17, 15) is 48.6 Å². The maximum atomic E-state index is 15.1. The summed E-state index contributed by atoms with van der Waals surface area (Å²) in [5.74, 6) is -6.00. The van der Waals surface area contributed by atoms with Gasteiger partial charge in [0.25, 0.3) is 0 Å². The van der Waals surface area contributed by atoms with Crippen molar-refractivity contribution < 1.29 is 101 Å². The zero-order valence-corrected chi connectivity index (χ0v) is 58.5. The van der Waals surface area contributed by atoms with Crippen LogP contribution in [-0.4, -0.2) is 190 Å². The highest BCUT2D eigenvalue weighted by Gasteiger charge is 2.55. The van der Waals surface area contributed by atoms with Gasteiger partial charge < -0.3 is 67.8 Å². The maximum Gasteiger partial charge on any atom is 0.311 e. The Bertz CT molecular complexity index is 2480. The number of unbranched alkanes of at least 4 members (excludes halogenated alkanes) is 1. The number of aliphatic carboxylic acids is 1. The molecule has 520 valence electrons. The van der Waals surface area contributed by atoms with Crippen molar-refractivity contribution in [3.05, 3.63) is 24.4 Å². The number of amides is 1. The van der Waals surface area contributed by atoms with Crippen molar-refractivity contribution in [2.24, 2.45) is 32.5 Å². The van der Waals surface area contributed by atoms with E-state index in [1.165, 1.54) is 35.4 Å². The van der Waals surface area contributed by atoms with E-state index in [2.05, 4.69) is 10.3 Å². The second kappa shape index (κ2) is 39.6. The normalized spacial score (nSPS) is 20.9. The summed E-state index contributed by atoms with van der Waals surface area (Å²) in [5.41, 5.74) is -8.75. The molecule has 0 aliphatic carbocycles. The van der Waals surface area contributed by atoms with Gasteiger partial charge in [0, 0.05) is 51.2 Å². The summed E-state index contributed by atoms with van der Waals surface area (Å²) in [6.07, 6.45) is -3.10. The van der Waals surface area contributed by atoms with Gasteiger partial charge in [-0.2, -0.15) is 0 Å². The molecule has 7 unspecified atom stereocenters. The van der Waals surface area contributed by atoms with Crippen molar-refractivity contribution >= 4 is 75.2 Å². The lowest BCUT2D eigenvalue weighted by Crippen LogP contribution is -2.61. The van der Waals surface area contributed by atoms with E-state index < -0.39 is 123 Å². The predicted molar refractivity (Wildman–Crippen MR) is 341 cm³/mol. The van der Waals surface area contributed by atoms with E-state index in [1.807, 2.05) is 45.0 Å². The highest BCUT2D eigenvalue weighted by Crippen LogP contribution is 2.51. The number of aliphatic hydroxyl groups is 1. The second-order valence-corrected chi connectivity index (χ2v) is 28.2. The van der Waals surface area contributed by atoms with Gasteiger partial charge in [0.2, 0.25) is 5.91 Å². The van der Waals surface area contributed by atoms with Gasteiger partial charge in [0.15, 0.2) is 24.6 Å². The van der Waals surface area contributed by atoms with Crippen molar-refractivity contribution in [2.45, 2.75) is 222 Å². The van der Waals surface area contributed by atoms with Gasteiger partial charge in [-0.15, -0.1) is 0 Å². The molecule has 3 N–H and O–H groups in total. The number of carbonyl (C=O) groups excluding carboxylic acids is 8. The number of nitrogens with one attached hydrogen (secondary N) is 1. The number of aliphatic hydroxyl groups excluding tert-OH is 1. The summed E-state index contributed by atoms with van der Waals surface area (Å²) in [5, 5.41) is 24.7. The first kappa shape index (κ1) is 82.0. The van der Waals surface area contributed by atoms with E-state index in [1.54, 1.807) is 67.7 Å². The molecular weight excluding hydrogens is 1220 g/mol. The van der Waals surface area contributed by atoms with Crippen molar-refractivity contribution in [1.29, 1.82) is 0 Å². The Kier molecular flexibility index (Phi) is 35.6. The molecule has 1 saturated heterocycles. The highest BCUT2D eigenvalue weighted by molar-refractivity contribution is 8.76. The number of esters is 7. The van der Waals surface area contributed by atoms with Gasteiger partial charge in [-0.1, -0.05) is 64.3 Å². The Morgan fingerprint density at radius 1 is 0.626 bits per heavy atom. The van der Waals surface area contributed by atoms with Crippen LogP contribution in [-0.2, 0) is 90.5 Å². The van der Waals surface area contributed by atoms with Crippen molar-refractivity contribution in [2.75, 3.05) is 79.2 Å². The van der Waals surface area contributed by atoms with E-state index in [0.29, 0.717) is 31.6 Å². The molecule has 0 saturated carbocycles. The number of carbonyl (C=O) groups is 9. The Morgan fingerprint density at radius 2 is 1.14 bits per heavy atom. The predicted octanol–water partition coefficient (Wildman–Crippen LogP) is 8.88. The fraction of sp³-hybridized carbons (Fsp3) is 0.785. The summed E-state index contributed by atoms with van der Waals surface area (Å²) in [6.45, 7) is 22.1. The summed E-state index contributed by atoms with van der Waals surface area (Å²) in [6, 6.07) is 5.51. The van der Waals surface area contributed by atoms with E-state index >= 15 is 4.79 Å². The van der Waals surface area contributed by atoms with Crippen LogP contribution in [0.3, 0.4) is 0 Å². The van der Waals surface area contributed by atoms with Gasteiger partial charge in [0.05, 0.1) is 59.6 Å². The Balaban J connectivity index is 2.57. The molecule has 0 bridgehead atoms.